The molecule has 0 amide bonds. The van der Waals surface area contributed by atoms with E-state index in [2.05, 4.69) is 0 Å². The fraction of sp³-hybridized carbons (Fsp3) is 0.909. The van der Waals surface area contributed by atoms with Gasteiger partial charge in [-0.1, -0.05) is 6.42 Å². The zero-order valence-electron chi connectivity index (χ0n) is 11.2. The molecule has 7 nitrogen and oxygen atoms in total. The number of aliphatic carboxylic acids is 1. The zero-order valence-corrected chi connectivity index (χ0v) is 12.0. The first-order chi connectivity index (χ1) is 8.89. The van der Waals surface area contributed by atoms with Crippen LogP contribution in [-0.4, -0.2) is 66.0 Å². The molecule has 1 aliphatic rings. The minimum Gasteiger partial charge on any atom is -0.481 e. The molecule has 1 aliphatic heterocycles. The van der Waals surface area contributed by atoms with E-state index in [0.29, 0.717) is 13.0 Å². The predicted octanol–water partition coefficient (Wildman–Crippen LogP) is -0.125. The van der Waals surface area contributed by atoms with Crippen molar-refractivity contribution in [2.24, 2.45) is 0 Å². The number of carboxylic acids is 1. The Morgan fingerprint density at radius 3 is 2.68 bits per heavy atom. The molecule has 1 unspecified atom stereocenters. The number of carbonyl (C=O) groups is 1. The van der Waals surface area contributed by atoms with Gasteiger partial charge in [-0.05, 0) is 19.3 Å². The molecule has 2 N–H and O–H groups in total. The first kappa shape index (κ1) is 16.4. The van der Waals surface area contributed by atoms with E-state index < -0.39 is 16.2 Å². The van der Waals surface area contributed by atoms with Crippen LogP contribution in [0.25, 0.3) is 0 Å². The highest BCUT2D eigenvalue weighted by Crippen LogP contribution is 2.24. The third-order valence-corrected chi connectivity index (χ3v) is 5.41. The first-order valence-corrected chi connectivity index (χ1v) is 7.85. The number of rotatable bonds is 7. The molecule has 1 saturated heterocycles. The Kier molecular flexibility index (Phi) is 6.18. The van der Waals surface area contributed by atoms with Crippen LogP contribution in [0.1, 0.15) is 32.1 Å². The van der Waals surface area contributed by atoms with Crippen LogP contribution in [0.2, 0.25) is 0 Å². The van der Waals surface area contributed by atoms with Crippen molar-refractivity contribution in [2.45, 2.75) is 38.1 Å². The van der Waals surface area contributed by atoms with E-state index in [-0.39, 0.29) is 25.6 Å². The molecule has 8 heteroatoms. The largest absolute Gasteiger partial charge is 0.481 e. The summed E-state index contributed by atoms with van der Waals surface area (Å²) in [5.41, 5.74) is 0. The molecule has 0 radical (unpaired) electrons. The molecule has 1 rings (SSSR count). The topological polar surface area (TPSA) is 98.2 Å². The molecule has 0 spiro atoms. The molecule has 0 aromatic rings. The minimum atomic E-state index is -3.64. The minimum absolute atomic E-state index is 0.0417. The first-order valence-electron chi connectivity index (χ1n) is 6.45. The quantitative estimate of drug-likeness (QED) is 0.682. The van der Waals surface area contributed by atoms with Crippen LogP contribution in [0.15, 0.2) is 0 Å². The smallest absolute Gasteiger partial charge is 0.304 e. The monoisotopic (exact) mass is 294 g/mol. The van der Waals surface area contributed by atoms with Crippen molar-refractivity contribution in [3.63, 3.8) is 0 Å². The molecule has 112 valence electrons. The average Bonchev–Trinajstić information content (AvgIpc) is 2.36. The molecule has 1 fully saturated rings. The highest BCUT2D eigenvalue weighted by Gasteiger charge is 2.34. The van der Waals surface area contributed by atoms with Crippen molar-refractivity contribution < 1.29 is 23.4 Å². The van der Waals surface area contributed by atoms with Gasteiger partial charge in [0.2, 0.25) is 0 Å². The van der Waals surface area contributed by atoms with Crippen LogP contribution in [0.5, 0.6) is 0 Å². The second-order valence-corrected chi connectivity index (χ2v) is 6.73. The Morgan fingerprint density at radius 1 is 1.42 bits per heavy atom. The van der Waals surface area contributed by atoms with Crippen molar-refractivity contribution in [2.75, 3.05) is 26.7 Å². The molecule has 0 aliphatic carbocycles. The number of piperidine rings is 1. The summed E-state index contributed by atoms with van der Waals surface area (Å²) in [6.07, 6.45) is 2.70. The van der Waals surface area contributed by atoms with Crippen LogP contribution >= 0.6 is 0 Å². The number of aliphatic hydroxyl groups excluding tert-OH is 1. The Hall–Kier alpha value is -0.700. The summed E-state index contributed by atoms with van der Waals surface area (Å²) in [6.45, 7) is 0.347. The highest BCUT2D eigenvalue weighted by molar-refractivity contribution is 7.86. The summed E-state index contributed by atoms with van der Waals surface area (Å²) >= 11 is 0. The molecule has 0 saturated carbocycles. The lowest BCUT2D eigenvalue weighted by Gasteiger charge is -2.36. The van der Waals surface area contributed by atoms with Gasteiger partial charge in [0.05, 0.1) is 6.42 Å². The van der Waals surface area contributed by atoms with Gasteiger partial charge in [0.25, 0.3) is 10.2 Å². The van der Waals surface area contributed by atoms with Crippen molar-refractivity contribution in [1.82, 2.24) is 8.61 Å². The SMILES string of the molecule is CN(CCC(=O)O)S(=O)(=O)N1CCCCC1CCO. The summed E-state index contributed by atoms with van der Waals surface area (Å²) in [4.78, 5) is 10.5. The number of nitrogens with zero attached hydrogens (tertiary/aromatic N) is 2. The maximum atomic E-state index is 12.4. The molecule has 1 atom stereocenters. The normalized spacial score (nSPS) is 21.7. The van der Waals surface area contributed by atoms with E-state index in [9.17, 15) is 13.2 Å². The van der Waals surface area contributed by atoms with Gasteiger partial charge in [0.1, 0.15) is 0 Å². The van der Waals surface area contributed by atoms with Crippen LogP contribution in [0, 0.1) is 0 Å². The lowest BCUT2D eigenvalue weighted by molar-refractivity contribution is -0.137. The lowest BCUT2D eigenvalue weighted by Crippen LogP contribution is -2.50. The van der Waals surface area contributed by atoms with E-state index >= 15 is 0 Å². The zero-order chi connectivity index (χ0) is 14.5. The van der Waals surface area contributed by atoms with Gasteiger partial charge >= 0.3 is 5.97 Å². The summed E-state index contributed by atoms with van der Waals surface area (Å²) < 4.78 is 27.2. The summed E-state index contributed by atoms with van der Waals surface area (Å²) in [6, 6.07) is -0.184. The van der Waals surface area contributed by atoms with Crippen LogP contribution in [0.3, 0.4) is 0 Å². The van der Waals surface area contributed by atoms with Crippen LogP contribution in [0.4, 0.5) is 0 Å². The van der Waals surface area contributed by atoms with E-state index in [1.54, 1.807) is 0 Å². The van der Waals surface area contributed by atoms with E-state index in [1.807, 2.05) is 0 Å². The van der Waals surface area contributed by atoms with Gasteiger partial charge < -0.3 is 10.2 Å². The second kappa shape index (κ2) is 7.18. The van der Waals surface area contributed by atoms with Gasteiger partial charge in [-0.2, -0.15) is 17.0 Å². The van der Waals surface area contributed by atoms with Gasteiger partial charge in [-0.25, -0.2) is 0 Å². The fourth-order valence-electron chi connectivity index (χ4n) is 2.26. The van der Waals surface area contributed by atoms with Gasteiger partial charge in [0, 0.05) is 32.8 Å². The molecule has 0 aromatic heterocycles. The second-order valence-electron chi connectivity index (χ2n) is 4.75. The maximum absolute atomic E-state index is 12.4. The summed E-state index contributed by atoms with van der Waals surface area (Å²) in [5, 5.41) is 17.6. The summed E-state index contributed by atoms with van der Waals surface area (Å²) in [5.74, 6) is -1.02. The van der Waals surface area contributed by atoms with Crippen molar-refractivity contribution >= 4 is 16.2 Å². The number of aliphatic hydroxyl groups is 1. The molecule has 1 heterocycles. The van der Waals surface area contributed by atoms with E-state index in [4.69, 9.17) is 10.2 Å². The summed E-state index contributed by atoms with van der Waals surface area (Å²) in [7, 11) is -2.25. The molecular weight excluding hydrogens is 272 g/mol. The van der Waals surface area contributed by atoms with Crippen molar-refractivity contribution in [3.8, 4) is 0 Å². The molecule has 0 bridgehead atoms. The molecule has 0 aromatic carbocycles. The van der Waals surface area contributed by atoms with Crippen molar-refractivity contribution in [1.29, 1.82) is 0 Å². The lowest BCUT2D eigenvalue weighted by atomic mass is 10.0. The Bertz CT molecular complexity index is 396. The molecule has 19 heavy (non-hydrogen) atoms. The number of hydrogen-bond donors (Lipinski definition) is 2. The third kappa shape index (κ3) is 4.41. The predicted molar refractivity (Wildman–Crippen MR) is 69.9 cm³/mol. The number of hydrogen-bond acceptors (Lipinski definition) is 4. The van der Waals surface area contributed by atoms with Gasteiger partial charge in [0.15, 0.2) is 0 Å². The Morgan fingerprint density at radius 2 is 2.11 bits per heavy atom. The fourth-order valence-corrected chi connectivity index (χ4v) is 3.89. The highest BCUT2D eigenvalue weighted by atomic mass is 32.2. The van der Waals surface area contributed by atoms with Crippen molar-refractivity contribution in [3.05, 3.63) is 0 Å². The average molecular weight is 294 g/mol. The van der Waals surface area contributed by atoms with E-state index in [1.165, 1.54) is 11.4 Å². The standard InChI is InChI=1S/C11H22N2O5S/c1-12(8-5-11(15)16)19(17,18)13-7-3-2-4-10(13)6-9-14/h10,14H,2-9H2,1H3,(H,15,16). The molecular formula is C11H22N2O5S. The Labute approximate surface area is 114 Å². The Balaban J connectivity index is 2.75. The van der Waals surface area contributed by atoms with Crippen LogP contribution in [-0.2, 0) is 15.0 Å². The van der Waals surface area contributed by atoms with Gasteiger partial charge in [-0.3, -0.25) is 4.79 Å². The number of carboxylic acid groups (broad SMARTS) is 1. The van der Waals surface area contributed by atoms with Crippen LogP contribution < -0.4 is 0 Å². The van der Waals surface area contributed by atoms with E-state index in [0.717, 1.165) is 23.6 Å². The third-order valence-electron chi connectivity index (χ3n) is 3.37. The maximum Gasteiger partial charge on any atom is 0.304 e. The van der Waals surface area contributed by atoms with Gasteiger partial charge in [-0.15, -0.1) is 0 Å².